The summed E-state index contributed by atoms with van der Waals surface area (Å²) in [5.41, 5.74) is -1.03. The Morgan fingerprint density at radius 1 is 1.23 bits per heavy atom. The molecule has 1 fully saturated rings. The molecule has 1 atom stereocenters. The number of carbonyl (C=O) groups excluding carboxylic acids is 5. The van der Waals surface area contributed by atoms with E-state index in [1.54, 1.807) is 13.8 Å². The van der Waals surface area contributed by atoms with Crippen LogP contribution in [0.2, 0.25) is 0 Å². The Bertz CT molecular complexity index is 577. The van der Waals surface area contributed by atoms with E-state index < -0.39 is 40.9 Å². The molecule has 0 bridgehead atoms. The Kier molecular flexibility index (Phi) is 8.56. The number of hydrogen-bond acceptors (Lipinski definition) is 8. The summed E-state index contributed by atoms with van der Waals surface area (Å²) in [5, 5.41) is 4.59. The Morgan fingerprint density at radius 3 is 2.58 bits per heavy atom. The van der Waals surface area contributed by atoms with Crippen molar-refractivity contribution in [2.24, 2.45) is 5.41 Å². The number of ketones is 1. The van der Waals surface area contributed by atoms with Gasteiger partial charge in [0.25, 0.3) is 5.91 Å². The van der Waals surface area contributed by atoms with Crippen molar-refractivity contribution in [3.63, 3.8) is 0 Å². The van der Waals surface area contributed by atoms with Gasteiger partial charge in [-0.2, -0.15) is 0 Å². The van der Waals surface area contributed by atoms with Crippen LogP contribution in [0.1, 0.15) is 33.6 Å². The molecule has 0 aromatic carbocycles. The largest absolute Gasteiger partial charge is 0.457 e. The molecule has 146 valence electrons. The number of ether oxygens (including phenoxy) is 2. The molecule has 0 unspecified atom stereocenters. The summed E-state index contributed by atoms with van der Waals surface area (Å²) >= 11 is 0.901. The number of thioether (sulfide) groups is 1. The van der Waals surface area contributed by atoms with Crippen molar-refractivity contribution < 1.29 is 33.4 Å². The molecule has 26 heavy (non-hydrogen) atoms. The lowest BCUT2D eigenvalue weighted by Gasteiger charge is -2.32. The van der Waals surface area contributed by atoms with E-state index in [9.17, 15) is 24.0 Å². The maximum Gasteiger partial charge on any atom is 0.367 e. The monoisotopic (exact) mass is 388 g/mol. The highest BCUT2D eigenvalue weighted by Gasteiger charge is 2.40. The van der Waals surface area contributed by atoms with Crippen molar-refractivity contribution in [1.82, 2.24) is 10.6 Å². The number of amides is 2. The fourth-order valence-corrected chi connectivity index (χ4v) is 2.62. The highest BCUT2D eigenvalue weighted by atomic mass is 32.2. The molecule has 2 N–H and O–H groups in total. The molecule has 9 nitrogen and oxygen atoms in total. The lowest BCUT2D eigenvalue weighted by Crippen LogP contribution is -2.49. The summed E-state index contributed by atoms with van der Waals surface area (Å²) in [7, 11) is 0. The quantitative estimate of drug-likeness (QED) is 0.526. The summed E-state index contributed by atoms with van der Waals surface area (Å²) in [6.07, 6.45) is -1.69. The third-order valence-electron chi connectivity index (χ3n) is 3.45. The minimum absolute atomic E-state index is 0.0510. The number of cyclic esters (lactones) is 1. The first-order valence-electron chi connectivity index (χ1n) is 8.14. The fraction of sp³-hybridized carbons (Fsp3) is 0.688. The molecular formula is C16H24N2O7S. The smallest absolute Gasteiger partial charge is 0.367 e. The summed E-state index contributed by atoms with van der Waals surface area (Å²) in [6.45, 7) is 4.66. The van der Waals surface area contributed by atoms with Crippen LogP contribution in [0, 0.1) is 5.41 Å². The van der Waals surface area contributed by atoms with Crippen molar-refractivity contribution >= 4 is 40.6 Å². The average Bonchev–Trinajstić information content (AvgIpc) is 2.53. The van der Waals surface area contributed by atoms with Crippen LogP contribution in [0.3, 0.4) is 0 Å². The maximum atomic E-state index is 12.5. The van der Waals surface area contributed by atoms with E-state index in [-0.39, 0.29) is 25.5 Å². The molecule has 1 aliphatic heterocycles. The topological polar surface area (TPSA) is 128 Å². The molecule has 0 radical (unpaired) electrons. The van der Waals surface area contributed by atoms with Gasteiger partial charge in [0, 0.05) is 30.7 Å². The van der Waals surface area contributed by atoms with E-state index in [0.717, 1.165) is 11.8 Å². The molecule has 2 amide bonds. The molecule has 1 rings (SSSR count). The van der Waals surface area contributed by atoms with Crippen LogP contribution < -0.4 is 10.6 Å². The average molecular weight is 388 g/mol. The van der Waals surface area contributed by atoms with Crippen molar-refractivity contribution in [2.45, 2.75) is 39.7 Å². The number of esters is 1. The van der Waals surface area contributed by atoms with Crippen LogP contribution in [-0.2, 0) is 28.7 Å². The Hall–Kier alpha value is -2.10. The summed E-state index contributed by atoms with van der Waals surface area (Å²) in [6, 6.07) is 0. The van der Waals surface area contributed by atoms with Gasteiger partial charge in [-0.25, -0.2) is 4.79 Å². The van der Waals surface area contributed by atoms with E-state index in [2.05, 4.69) is 10.6 Å². The Balaban J connectivity index is 2.92. The summed E-state index contributed by atoms with van der Waals surface area (Å²) in [5.74, 6) is -1.78. The second-order valence-corrected chi connectivity index (χ2v) is 7.55. The number of Topliss-reactive ketones (excluding diaryl/α,β-unsaturated/α-hetero) is 1. The van der Waals surface area contributed by atoms with Gasteiger partial charge in [0.2, 0.25) is 5.91 Å². The maximum absolute atomic E-state index is 12.5. The highest BCUT2D eigenvalue weighted by molar-refractivity contribution is 8.13. The number of carbonyl (C=O) groups is 5. The van der Waals surface area contributed by atoms with Gasteiger partial charge in [0.05, 0.1) is 0 Å². The normalized spacial score (nSPS) is 22.3. The van der Waals surface area contributed by atoms with Crippen molar-refractivity contribution in [3.8, 4) is 0 Å². The molecule has 10 heteroatoms. The molecule has 1 saturated heterocycles. The van der Waals surface area contributed by atoms with Crippen LogP contribution in [0.5, 0.6) is 0 Å². The van der Waals surface area contributed by atoms with Gasteiger partial charge in [-0.15, -0.1) is 0 Å². The predicted molar refractivity (Wildman–Crippen MR) is 93.4 cm³/mol. The zero-order valence-electron chi connectivity index (χ0n) is 15.1. The van der Waals surface area contributed by atoms with E-state index in [0.29, 0.717) is 12.3 Å². The van der Waals surface area contributed by atoms with Crippen LogP contribution in [0.25, 0.3) is 0 Å². The summed E-state index contributed by atoms with van der Waals surface area (Å²) < 4.78 is 10.3. The second-order valence-electron chi connectivity index (χ2n) is 6.52. The number of rotatable bonds is 3. The second kappa shape index (κ2) is 10.1. The molecule has 0 aromatic rings. The third-order valence-corrected chi connectivity index (χ3v) is 4.21. The number of hydrogen-bond donors (Lipinski definition) is 2. The van der Waals surface area contributed by atoms with Crippen LogP contribution in [0.15, 0.2) is 0 Å². The fourth-order valence-electron chi connectivity index (χ4n) is 2.11. The minimum atomic E-state index is -1.28. The van der Waals surface area contributed by atoms with Gasteiger partial charge in [0.15, 0.2) is 6.10 Å². The van der Waals surface area contributed by atoms with Gasteiger partial charge in [-0.3, -0.25) is 19.2 Å². The van der Waals surface area contributed by atoms with Gasteiger partial charge >= 0.3 is 11.3 Å². The van der Waals surface area contributed by atoms with Crippen LogP contribution in [-0.4, -0.2) is 60.4 Å². The standard InChI is InChI=1S/C16H24N2O7S/c1-10(19)8-12(21)25-13-14(22)18-5-4-11(20)17-6-7-26-15(23)24-9-16(13,2)3/h13H,4-9H2,1-3H3,(H,17,20)(H,18,22)/t13-/m0/s1. The van der Waals surface area contributed by atoms with E-state index in [4.69, 9.17) is 9.47 Å². The highest BCUT2D eigenvalue weighted by Crippen LogP contribution is 2.26. The van der Waals surface area contributed by atoms with Crippen LogP contribution >= 0.6 is 11.8 Å². The molecule has 0 aromatic heterocycles. The van der Waals surface area contributed by atoms with E-state index in [1.165, 1.54) is 6.92 Å². The van der Waals surface area contributed by atoms with Gasteiger partial charge < -0.3 is 20.1 Å². The molecule has 0 spiro atoms. The van der Waals surface area contributed by atoms with E-state index >= 15 is 0 Å². The SMILES string of the molecule is CC(=O)CC(=O)O[C@H]1C(=O)NCCC(=O)NCCSC(=O)OCC1(C)C. The van der Waals surface area contributed by atoms with Gasteiger partial charge in [-0.05, 0) is 18.7 Å². The Morgan fingerprint density at radius 2 is 1.92 bits per heavy atom. The first-order chi connectivity index (χ1) is 12.1. The van der Waals surface area contributed by atoms with Crippen molar-refractivity contribution in [3.05, 3.63) is 0 Å². The molecular weight excluding hydrogens is 364 g/mol. The van der Waals surface area contributed by atoms with Crippen molar-refractivity contribution in [1.29, 1.82) is 0 Å². The van der Waals surface area contributed by atoms with E-state index in [1.807, 2.05) is 0 Å². The molecule has 1 heterocycles. The van der Waals surface area contributed by atoms with Crippen molar-refractivity contribution in [2.75, 3.05) is 25.4 Å². The zero-order valence-corrected chi connectivity index (χ0v) is 15.9. The zero-order chi connectivity index (χ0) is 19.7. The van der Waals surface area contributed by atoms with Gasteiger partial charge in [-0.1, -0.05) is 13.8 Å². The summed E-state index contributed by atoms with van der Waals surface area (Å²) in [4.78, 5) is 58.8. The Labute approximate surface area is 155 Å². The molecule has 0 aliphatic carbocycles. The van der Waals surface area contributed by atoms with Crippen LogP contribution in [0.4, 0.5) is 4.79 Å². The molecule has 0 saturated carbocycles. The lowest BCUT2D eigenvalue weighted by molar-refractivity contribution is -0.165. The molecule has 1 aliphatic rings. The number of nitrogens with one attached hydrogen (secondary N) is 2. The predicted octanol–water partition coefficient (Wildman–Crippen LogP) is 0.409. The minimum Gasteiger partial charge on any atom is -0.457 e. The lowest BCUT2D eigenvalue weighted by atomic mass is 9.86. The first-order valence-corrected chi connectivity index (χ1v) is 9.13. The first kappa shape index (κ1) is 21.9. The van der Waals surface area contributed by atoms with Gasteiger partial charge in [0.1, 0.15) is 18.8 Å². The third kappa shape index (κ3) is 7.85.